The van der Waals surface area contributed by atoms with E-state index in [0.29, 0.717) is 38.5 Å². The van der Waals surface area contributed by atoms with Gasteiger partial charge in [-0.15, -0.1) is 0 Å². The second-order valence-corrected chi connectivity index (χ2v) is 20.2. The van der Waals surface area contributed by atoms with Crippen LogP contribution in [-0.4, -0.2) is 62.1 Å². The van der Waals surface area contributed by atoms with E-state index >= 15 is 0 Å². The van der Waals surface area contributed by atoms with Crippen molar-refractivity contribution in [3.63, 3.8) is 0 Å². The van der Waals surface area contributed by atoms with E-state index in [1.54, 1.807) is 0 Å². The third kappa shape index (κ3) is 34.9. The van der Waals surface area contributed by atoms with Crippen LogP contribution in [0.25, 0.3) is 0 Å². The molecule has 4 unspecified atom stereocenters. The van der Waals surface area contributed by atoms with Crippen LogP contribution < -0.4 is 0 Å². The summed E-state index contributed by atoms with van der Waals surface area (Å²) in [5, 5.41) is 21.0. The number of hydrogen-bond donors (Lipinski definition) is 5. The number of phosphoric acid groups is 4. The van der Waals surface area contributed by atoms with E-state index in [1.165, 1.54) is 0 Å². The van der Waals surface area contributed by atoms with Crippen molar-refractivity contribution in [2.75, 3.05) is 26.4 Å². The average Bonchev–Trinajstić information content (AvgIpc) is 3.13. The van der Waals surface area contributed by atoms with Crippen LogP contribution >= 0.6 is 31.3 Å². The topological polar surface area (TPSA) is 277 Å². The van der Waals surface area contributed by atoms with Crippen LogP contribution in [0.2, 0.25) is 0 Å². The van der Waals surface area contributed by atoms with Crippen molar-refractivity contribution in [3.8, 4) is 0 Å². The first-order valence-electron chi connectivity index (χ1n) is 20.7. The van der Waals surface area contributed by atoms with E-state index in [9.17, 15) is 43.1 Å². The van der Waals surface area contributed by atoms with Gasteiger partial charge in [0.15, 0.2) is 0 Å². The molecule has 0 aromatic rings. The fourth-order valence-electron chi connectivity index (χ4n) is 5.07. The van der Waals surface area contributed by atoms with Gasteiger partial charge in [0.05, 0.1) is 26.4 Å². The van der Waals surface area contributed by atoms with Crippen molar-refractivity contribution in [1.82, 2.24) is 0 Å². The van der Waals surface area contributed by atoms with Gasteiger partial charge in [0, 0.05) is 0 Å². The molecule has 0 bridgehead atoms. The molecule has 58 heavy (non-hydrogen) atoms. The number of carboxylic acids is 1. The Kier molecular flexibility index (Phi) is 38.5. The van der Waals surface area contributed by atoms with Crippen molar-refractivity contribution < 1.29 is 105 Å². The number of carbonyl (C=O) groups is 1. The van der Waals surface area contributed by atoms with Gasteiger partial charge in [0.1, 0.15) is 0 Å². The third-order valence-electron chi connectivity index (χ3n) is 8.15. The predicted molar refractivity (Wildman–Crippen MR) is 212 cm³/mol. The fraction of sp³-hybridized carbons (Fsp3) is 0.971. The van der Waals surface area contributed by atoms with Crippen molar-refractivity contribution in [2.45, 2.75) is 188 Å². The molecule has 5 N–H and O–H groups in total. The molecule has 0 aromatic carbocycles. The minimum absolute atomic E-state index is 0.216. The molecule has 0 aliphatic carbocycles. The first kappa shape index (κ1) is 60.5. The number of rotatable bonds is 41. The summed E-state index contributed by atoms with van der Waals surface area (Å²) in [6, 6.07) is 0. The quantitative estimate of drug-likeness (QED) is 0.0165. The Morgan fingerprint density at radius 3 is 0.948 bits per heavy atom. The molecular weight excluding hydrogens is 884 g/mol. The Bertz CT molecular complexity index is 1150. The Hall–Kier alpha value is 0.424. The van der Waals surface area contributed by atoms with Crippen LogP contribution in [0.3, 0.4) is 0 Å². The second-order valence-electron chi connectivity index (χ2n) is 13.6. The van der Waals surface area contributed by atoms with Gasteiger partial charge in [-0.1, -0.05) is 156 Å². The number of hydrogen-bond acceptors (Lipinski definition) is 15. The summed E-state index contributed by atoms with van der Waals surface area (Å²) in [6.45, 7) is 6.64. The van der Waals surface area contributed by atoms with Crippen molar-refractivity contribution in [1.29, 1.82) is 0 Å². The zero-order chi connectivity index (χ0) is 44.2. The summed E-state index contributed by atoms with van der Waals surface area (Å²) < 4.78 is 108. The number of unbranched alkanes of at least 4 members (excludes halogenated alkanes) is 20. The molecule has 0 aliphatic rings. The van der Waals surface area contributed by atoms with Crippen LogP contribution in [0.15, 0.2) is 0 Å². The first-order valence-corrected chi connectivity index (χ1v) is 27.9. The Labute approximate surface area is 355 Å². The second kappa shape index (κ2) is 36.9. The number of phosphoric ester groups is 4. The van der Waals surface area contributed by atoms with Crippen LogP contribution in [0.1, 0.15) is 182 Å². The van der Waals surface area contributed by atoms with Crippen LogP contribution in [-0.2, 0) is 81.7 Å². The van der Waals surface area contributed by atoms with E-state index in [1.807, 2.05) is 13.8 Å². The molecular formula is C34H73O19P4Ti. The van der Waals surface area contributed by atoms with Crippen LogP contribution in [0, 0.1) is 0 Å². The van der Waals surface area contributed by atoms with Gasteiger partial charge in [-0.2, -0.15) is 8.62 Å². The van der Waals surface area contributed by atoms with Gasteiger partial charge >= 0.3 is 69.8 Å². The maximum atomic E-state index is 13.8. The van der Waals surface area contributed by atoms with Crippen LogP contribution in [0.4, 0.5) is 0 Å². The molecule has 0 aliphatic heterocycles. The molecule has 0 spiro atoms. The molecule has 347 valence electrons. The number of aliphatic hydroxyl groups is 1. The zero-order valence-electron chi connectivity index (χ0n) is 35.0. The monoisotopic (exact) mass is 957 g/mol. The molecule has 0 aromatic heterocycles. The van der Waals surface area contributed by atoms with E-state index in [4.69, 9.17) is 42.8 Å². The van der Waals surface area contributed by atoms with Crippen molar-refractivity contribution in [2.24, 2.45) is 0 Å². The fourth-order valence-corrected chi connectivity index (χ4v) is 10.5. The summed E-state index contributed by atoms with van der Waals surface area (Å²) in [7, 11) is -21.9. The van der Waals surface area contributed by atoms with Gasteiger partial charge < -0.3 is 20.0 Å². The normalized spacial score (nSPS) is 16.8. The van der Waals surface area contributed by atoms with E-state index in [0.717, 1.165) is 103 Å². The molecule has 0 saturated heterocycles. The third-order valence-corrected chi connectivity index (χ3v) is 14.4. The predicted octanol–water partition coefficient (Wildman–Crippen LogP) is 11.0. The molecule has 0 fully saturated rings. The molecule has 0 rings (SSSR count). The van der Waals surface area contributed by atoms with Gasteiger partial charge in [-0.25, -0.2) is 32.1 Å². The maximum absolute atomic E-state index is 13.8. The molecule has 4 atom stereocenters. The first-order chi connectivity index (χ1) is 27.4. The molecule has 24 heteroatoms. The van der Waals surface area contributed by atoms with Gasteiger partial charge in [0.25, 0.3) is 0 Å². The van der Waals surface area contributed by atoms with Crippen LogP contribution in [0.5, 0.6) is 0 Å². The Morgan fingerprint density at radius 1 is 0.483 bits per heavy atom. The summed E-state index contributed by atoms with van der Waals surface area (Å²) in [5.74, 6) is -6.83. The summed E-state index contributed by atoms with van der Waals surface area (Å²) >= 11 is -1.75. The zero-order valence-corrected chi connectivity index (χ0v) is 40.2. The van der Waals surface area contributed by atoms with Gasteiger partial charge in [0.2, 0.25) is 0 Å². The number of aliphatic carboxylic acids is 1. The summed E-state index contributed by atoms with van der Waals surface area (Å²) in [5.41, 5.74) is 0. The summed E-state index contributed by atoms with van der Waals surface area (Å²) in [4.78, 5) is 33.2. The SMILES string of the molecule is CCCCCCCCOP(=O)(O)OP(=O)(OCCCCCCCC)OC(O)(OP(=O)(OCCCCCCCC)OP(=O)(O)OCCCCCCCC)C(=O)O.[O]=[Ti][OH]. The average molecular weight is 958 g/mol. The molecule has 0 saturated carbocycles. The molecule has 0 heterocycles. The van der Waals surface area contributed by atoms with E-state index < -0.39 is 76.0 Å². The van der Waals surface area contributed by atoms with Gasteiger partial charge in [-0.3, -0.25) is 18.1 Å². The molecule has 0 amide bonds. The number of carboxylic acid groups (broad SMARTS) is 1. The standard InChI is InChI=1S/C34H72O17P4.H2O.O.Ti/c1-5-9-13-17-21-25-29-44-52(38,39)50-54(42,46-31-27-23-19-15-11-7-3)48-34(37,33(35)36)49-55(43,47-32-28-24-20-16-12-8-4)51-53(40,41)45-30-26-22-18-14-10-6-2;;;/h37H,5-32H2,1-4H3,(H,35,36)(H,38,39)(H,40,41);1H2;;/q;;;+1/p-1. The van der Waals surface area contributed by atoms with E-state index in [-0.39, 0.29) is 26.1 Å². The van der Waals surface area contributed by atoms with Gasteiger partial charge in [-0.05, 0) is 25.7 Å². The summed E-state index contributed by atoms with van der Waals surface area (Å²) in [6.07, 6.45) is 18.5. The Morgan fingerprint density at radius 2 is 0.707 bits per heavy atom. The minimum atomic E-state index is -5.66. The Balaban J connectivity index is 0. The molecule has 0 radical (unpaired) electrons. The van der Waals surface area contributed by atoms with E-state index in [2.05, 4.69) is 13.8 Å². The van der Waals surface area contributed by atoms with Crippen molar-refractivity contribution >= 4 is 37.3 Å². The van der Waals surface area contributed by atoms with Crippen molar-refractivity contribution in [3.05, 3.63) is 0 Å². The molecule has 19 nitrogen and oxygen atoms in total.